The van der Waals surface area contributed by atoms with Gasteiger partial charge in [0.05, 0.1) is 23.9 Å². The average Bonchev–Trinajstić information content (AvgIpc) is 3.26. The molecule has 1 saturated heterocycles. The maximum Gasteiger partial charge on any atom is 0.410 e. The Morgan fingerprint density at radius 1 is 1.29 bits per heavy atom. The number of nitrogens with zero attached hydrogens (tertiary/aromatic N) is 5. The molecule has 2 atom stereocenters. The molecule has 1 N–H and O–H groups in total. The summed E-state index contributed by atoms with van der Waals surface area (Å²) < 4.78 is 7.16. The van der Waals surface area contributed by atoms with Gasteiger partial charge in [0.1, 0.15) is 12.3 Å². The molecule has 1 aliphatic heterocycles. The van der Waals surface area contributed by atoms with Crippen LogP contribution in [0.4, 0.5) is 4.79 Å². The Balaban J connectivity index is 1.32. The quantitative estimate of drug-likeness (QED) is 0.538. The maximum atomic E-state index is 13.0. The number of piperidine rings is 1. The topological polar surface area (TPSA) is 113 Å². The van der Waals surface area contributed by atoms with Gasteiger partial charge in [0.2, 0.25) is 0 Å². The first-order chi connectivity index (χ1) is 17.1. The first-order valence-electron chi connectivity index (χ1n) is 11.7. The van der Waals surface area contributed by atoms with Crippen molar-refractivity contribution in [2.45, 2.75) is 43.9 Å². The molecule has 180 valence electrons. The van der Waals surface area contributed by atoms with Crippen LogP contribution in [0.15, 0.2) is 53.4 Å². The molecule has 2 unspecified atom stereocenters. The molecule has 0 radical (unpaired) electrons. The van der Waals surface area contributed by atoms with Crippen molar-refractivity contribution in [3.05, 3.63) is 70.2 Å². The van der Waals surface area contributed by atoms with E-state index in [1.165, 1.54) is 11.3 Å². The molecule has 35 heavy (non-hydrogen) atoms. The van der Waals surface area contributed by atoms with Crippen LogP contribution < -0.4 is 5.32 Å². The van der Waals surface area contributed by atoms with Gasteiger partial charge in [0.25, 0.3) is 5.91 Å². The summed E-state index contributed by atoms with van der Waals surface area (Å²) in [4.78, 5) is 27.5. The summed E-state index contributed by atoms with van der Waals surface area (Å²) in [6.45, 7) is 1.24. The summed E-state index contributed by atoms with van der Waals surface area (Å²) in [7, 11) is 0. The number of likely N-dealkylation sites (tertiary alicyclic amines) is 1. The van der Waals surface area contributed by atoms with Gasteiger partial charge >= 0.3 is 6.09 Å². The summed E-state index contributed by atoms with van der Waals surface area (Å²) in [6.07, 6.45) is 4.47. The Morgan fingerprint density at radius 2 is 2.11 bits per heavy atom. The van der Waals surface area contributed by atoms with Crippen LogP contribution >= 0.6 is 11.3 Å². The number of amides is 2. The molecule has 2 aromatic heterocycles. The van der Waals surface area contributed by atoms with Crippen LogP contribution in [0, 0.1) is 17.2 Å². The van der Waals surface area contributed by atoms with Crippen molar-refractivity contribution in [2.75, 3.05) is 13.1 Å². The molecule has 3 heterocycles. The molecule has 5 rings (SSSR count). The number of aromatic nitrogens is 3. The molecule has 9 nitrogen and oxygen atoms in total. The number of hydrogen-bond donors (Lipinski definition) is 1. The third-order valence-electron chi connectivity index (χ3n) is 6.66. The number of carbonyl (C=O) groups is 2. The van der Waals surface area contributed by atoms with Crippen molar-refractivity contribution in [3.8, 4) is 6.07 Å². The monoisotopic (exact) mass is 490 g/mol. The lowest BCUT2D eigenvalue weighted by Crippen LogP contribution is -2.45. The highest BCUT2D eigenvalue weighted by Crippen LogP contribution is 2.42. The second-order valence-electron chi connectivity index (χ2n) is 9.08. The molecule has 10 heteroatoms. The smallest absolute Gasteiger partial charge is 0.410 e. The first-order valence-corrected chi connectivity index (χ1v) is 12.6. The van der Waals surface area contributed by atoms with Crippen molar-refractivity contribution in [1.29, 1.82) is 5.26 Å². The van der Waals surface area contributed by atoms with Gasteiger partial charge in [-0.05, 0) is 42.7 Å². The fraction of sp³-hybridized carbons (Fsp3) is 0.400. The van der Waals surface area contributed by atoms with Gasteiger partial charge < -0.3 is 15.0 Å². The highest BCUT2D eigenvalue weighted by molar-refractivity contribution is 7.08. The number of thiophene rings is 1. The van der Waals surface area contributed by atoms with Crippen LogP contribution in [0.5, 0.6) is 0 Å². The van der Waals surface area contributed by atoms with Crippen LogP contribution in [-0.4, -0.2) is 45.0 Å². The van der Waals surface area contributed by atoms with E-state index in [1.54, 1.807) is 27.2 Å². The average molecular weight is 491 g/mol. The van der Waals surface area contributed by atoms with Crippen LogP contribution in [0.1, 0.15) is 53.3 Å². The van der Waals surface area contributed by atoms with E-state index in [-0.39, 0.29) is 24.5 Å². The number of nitriles is 1. The molecular formula is C25H26N6O3S. The number of nitrogens with one attached hydrogen (secondary N) is 1. The predicted molar refractivity (Wildman–Crippen MR) is 128 cm³/mol. The van der Waals surface area contributed by atoms with Crippen LogP contribution in [-0.2, 0) is 16.9 Å². The fourth-order valence-electron chi connectivity index (χ4n) is 4.45. The van der Waals surface area contributed by atoms with E-state index in [0.717, 1.165) is 31.2 Å². The number of benzene rings is 1. The summed E-state index contributed by atoms with van der Waals surface area (Å²) >= 11 is 1.45. The minimum Gasteiger partial charge on any atom is -0.445 e. The standard InChI is InChI=1S/C25H26N6O3S/c26-17-25(9-10-25)31-14-21(28-29-31)22(27-23(32)20-8-12-35-16-20)19-7-4-11-30(13-19)24(33)34-15-18-5-2-1-3-6-18/h1-3,5-6,8,12,14,16,19,22H,4,7,9-11,13,15H2,(H,27,32). The fourth-order valence-corrected chi connectivity index (χ4v) is 5.08. The molecule has 2 fully saturated rings. The first kappa shape index (κ1) is 23.1. The van der Waals surface area contributed by atoms with Gasteiger partial charge in [-0.2, -0.15) is 16.6 Å². The third-order valence-corrected chi connectivity index (χ3v) is 7.35. The normalized spacial score (nSPS) is 19.4. The number of hydrogen-bond acceptors (Lipinski definition) is 7. The van der Waals surface area contributed by atoms with Gasteiger partial charge in [-0.25, -0.2) is 9.48 Å². The zero-order valence-electron chi connectivity index (χ0n) is 19.2. The van der Waals surface area contributed by atoms with E-state index < -0.39 is 11.6 Å². The Hall–Kier alpha value is -3.71. The maximum absolute atomic E-state index is 13.0. The van der Waals surface area contributed by atoms with Crippen LogP contribution in [0.3, 0.4) is 0 Å². The molecular weight excluding hydrogens is 464 g/mol. The molecule has 1 aromatic carbocycles. The lowest BCUT2D eigenvalue weighted by molar-refractivity contribution is 0.0705. The van der Waals surface area contributed by atoms with Gasteiger partial charge in [0.15, 0.2) is 5.54 Å². The van der Waals surface area contributed by atoms with E-state index in [1.807, 2.05) is 35.7 Å². The zero-order chi connectivity index (χ0) is 24.3. The van der Waals surface area contributed by atoms with Crippen LogP contribution in [0.2, 0.25) is 0 Å². The van der Waals surface area contributed by atoms with E-state index in [9.17, 15) is 14.9 Å². The molecule has 0 bridgehead atoms. The largest absolute Gasteiger partial charge is 0.445 e. The summed E-state index contributed by atoms with van der Waals surface area (Å²) in [5, 5.41) is 24.9. The lowest BCUT2D eigenvalue weighted by atomic mass is 9.89. The highest BCUT2D eigenvalue weighted by atomic mass is 32.1. The Bertz CT molecular complexity index is 1220. The van der Waals surface area contributed by atoms with Crippen LogP contribution in [0.25, 0.3) is 0 Å². The van der Waals surface area contributed by atoms with E-state index in [4.69, 9.17) is 4.74 Å². The SMILES string of the molecule is N#CC1(n2cc(C(NC(=O)c3ccsc3)C3CCCN(C(=O)OCc4ccccc4)C3)nn2)CC1. The van der Waals surface area contributed by atoms with Gasteiger partial charge in [-0.15, -0.1) is 5.10 Å². The molecule has 1 saturated carbocycles. The van der Waals surface area contributed by atoms with Crippen molar-refractivity contribution in [3.63, 3.8) is 0 Å². The van der Waals surface area contributed by atoms with E-state index in [2.05, 4.69) is 21.7 Å². The van der Waals surface area contributed by atoms with Gasteiger partial charge in [0, 0.05) is 24.4 Å². The number of ether oxygens (including phenoxy) is 1. The molecule has 3 aromatic rings. The van der Waals surface area contributed by atoms with Crippen molar-refractivity contribution in [1.82, 2.24) is 25.2 Å². The van der Waals surface area contributed by atoms with E-state index >= 15 is 0 Å². The highest BCUT2D eigenvalue weighted by Gasteiger charge is 2.47. The Labute approximate surface area is 207 Å². The number of rotatable bonds is 7. The summed E-state index contributed by atoms with van der Waals surface area (Å²) in [5.74, 6) is -0.269. The second kappa shape index (κ2) is 9.88. The van der Waals surface area contributed by atoms with Crippen molar-refractivity contribution < 1.29 is 14.3 Å². The molecule has 0 spiro atoms. The zero-order valence-corrected chi connectivity index (χ0v) is 20.0. The molecule has 2 amide bonds. The Kier molecular flexibility index (Phi) is 6.51. The predicted octanol–water partition coefficient (Wildman–Crippen LogP) is 3.87. The van der Waals surface area contributed by atoms with Crippen molar-refractivity contribution in [2.24, 2.45) is 5.92 Å². The Morgan fingerprint density at radius 3 is 2.83 bits per heavy atom. The lowest BCUT2D eigenvalue weighted by Gasteiger charge is -2.36. The summed E-state index contributed by atoms with van der Waals surface area (Å²) in [6, 6.07) is 13.2. The third kappa shape index (κ3) is 5.05. The minimum atomic E-state index is -0.632. The van der Waals surface area contributed by atoms with E-state index in [0.29, 0.717) is 24.3 Å². The summed E-state index contributed by atoms with van der Waals surface area (Å²) in [5.41, 5.74) is 1.48. The minimum absolute atomic E-state index is 0.0713. The number of carbonyl (C=O) groups excluding carboxylic acids is 2. The van der Waals surface area contributed by atoms with Gasteiger partial charge in [-0.1, -0.05) is 35.5 Å². The molecule has 1 aliphatic carbocycles. The second-order valence-corrected chi connectivity index (χ2v) is 9.86. The van der Waals surface area contributed by atoms with Gasteiger partial charge in [-0.3, -0.25) is 4.79 Å². The molecule has 2 aliphatic rings. The van der Waals surface area contributed by atoms with Crippen molar-refractivity contribution >= 4 is 23.3 Å².